The van der Waals surface area contributed by atoms with Crippen molar-refractivity contribution >= 4 is 23.4 Å². The Morgan fingerprint density at radius 2 is 1.77 bits per heavy atom. The molecule has 0 aliphatic rings. The van der Waals surface area contributed by atoms with Gasteiger partial charge in [0.2, 0.25) is 5.91 Å². The Kier molecular flexibility index (Phi) is 6.03. The molecule has 5 nitrogen and oxygen atoms in total. The minimum absolute atomic E-state index is 0.101. The predicted molar refractivity (Wildman–Crippen MR) is 105 cm³/mol. The van der Waals surface area contributed by atoms with Crippen molar-refractivity contribution in [3.63, 3.8) is 0 Å². The van der Waals surface area contributed by atoms with Crippen LogP contribution in [-0.2, 0) is 4.79 Å². The summed E-state index contributed by atoms with van der Waals surface area (Å²) in [5, 5.41) is 2.83. The molecule has 2 amide bonds. The highest BCUT2D eigenvalue weighted by Crippen LogP contribution is 2.23. The topological polar surface area (TPSA) is 58.6 Å². The van der Waals surface area contributed by atoms with Crippen LogP contribution in [0.1, 0.15) is 33.3 Å². The molecular formula is C21H26N2O3. The lowest BCUT2D eigenvalue weighted by atomic mass is 9.95. The van der Waals surface area contributed by atoms with Gasteiger partial charge in [0.1, 0.15) is 5.75 Å². The van der Waals surface area contributed by atoms with Crippen LogP contribution in [0.2, 0.25) is 0 Å². The maximum atomic E-state index is 12.6. The average Bonchev–Trinajstić information content (AvgIpc) is 2.55. The number of ether oxygens (including phenoxy) is 1. The number of nitrogens with one attached hydrogen (secondary N) is 1. The van der Waals surface area contributed by atoms with E-state index in [0.717, 1.165) is 11.3 Å². The second-order valence-corrected chi connectivity index (χ2v) is 7.18. The van der Waals surface area contributed by atoms with E-state index in [1.807, 2.05) is 58.9 Å². The monoisotopic (exact) mass is 354 g/mol. The molecule has 0 unspecified atom stereocenters. The number of benzene rings is 2. The zero-order valence-electron chi connectivity index (χ0n) is 16.0. The molecule has 0 aliphatic carbocycles. The van der Waals surface area contributed by atoms with Crippen molar-refractivity contribution in [3.8, 4) is 5.75 Å². The van der Waals surface area contributed by atoms with Gasteiger partial charge in [-0.25, -0.2) is 4.79 Å². The van der Waals surface area contributed by atoms with E-state index in [1.165, 1.54) is 0 Å². The van der Waals surface area contributed by atoms with Crippen LogP contribution in [0.3, 0.4) is 0 Å². The molecule has 138 valence electrons. The SMILES string of the molecule is CCN(C(=O)Oc1cccc(NC(=O)C(C)(C)C)c1)c1cccc(C)c1. The minimum atomic E-state index is -0.503. The molecule has 0 heterocycles. The van der Waals surface area contributed by atoms with E-state index in [9.17, 15) is 9.59 Å². The van der Waals surface area contributed by atoms with Gasteiger partial charge in [-0.3, -0.25) is 9.69 Å². The first-order valence-electron chi connectivity index (χ1n) is 8.68. The van der Waals surface area contributed by atoms with Gasteiger partial charge >= 0.3 is 6.09 Å². The number of rotatable bonds is 4. The molecule has 0 saturated heterocycles. The lowest BCUT2D eigenvalue weighted by Crippen LogP contribution is -2.33. The summed E-state index contributed by atoms with van der Waals surface area (Å²) in [7, 11) is 0. The Balaban J connectivity index is 2.13. The predicted octanol–water partition coefficient (Wildman–Crippen LogP) is 5.00. The number of anilines is 2. The van der Waals surface area contributed by atoms with E-state index in [1.54, 1.807) is 29.2 Å². The molecule has 0 aliphatic heterocycles. The summed E-state index contributed by atoms with van der Waals surface area (Å²) in [6, 6.07) is 14.5. The van der Waals surface area contributed by atoms with Crippen molar-refractivity contribution in [1.29, 1.82) is 0 Å². The van der Waals surface area contributed by atoms with Crippen molar-refractivity contribution in [2.24, 2.45) is 5.41 Å². The fraction of sp³-hybridized carbons (Fsp3) is 0.333. The molecule has 0 atom stereocenters. The number of hydrogen-bond donors (Lipinski definition) is 1. The maximum absolute atomic E-state index is 12.6. The second-order valence-electron chi connectivity index (χ2n) is 7.18. The van der Waals surface area contributed by atoms with Crippen molar-refractivity contribution in [1.82, 2.24) is 0 Å². The summed E-state index contributed by atoms with van der Waals surface area (Å²) in [5.41, 5.74) is 1.95. The number of carbonyl (C=O) groups excluding carboxylic acids is 2. The van der Waals surface area contributed by atoms with Crippen LogP contribution < -0.4 is 15.0 Å². The molecule has 0 aromatic heterocycles. The van der Waals surface area contributed by atoms with E-state index in [2.05, 4.69) is 5.32 Å². The highest BCUT2D eigenvalue weighted by molar-refractivity contribution is 5.95. The second kappa shape index (κ2) is 8.04. The van der Waals surface area contributed by atoms with E-state index in [4.69, 9.17) is 4.74 Å². The zero-order valence-corrected chi connectivity index (χ0v) is 16.0. The summed E-state index contributed by atoms with van der Waals surface area (Å²) >= 11 is 0. The van der Waals surface area contributed by atoms with E-state index in [-0.39, 0.29) is 5.91 Å². The van der Waals surface area contributed by atoms with Gasteiger partial charge in [-0.1, -0.05) is 39.0 Å². The van der Waals surface area contributed by atoms with Gasteiger partial charge in [0.15, 0.2) is 0 Å². The van der Waals surface area contributed by atoms with Gasteiger partial charge in [0.25, 0.3) is 0 Å². The van der Waals surface area contributed by atoms with Gasteiger partial charge in [-0.2, -0.15) is 0 Å². The molecule has 5 heteroatoms. The van der Waals surface area contributed by atoms with Crippen molar-refractivity contribution in [3.05, 3.63) is 54.1 Å². The molecule has 0 bridgehead atoms. The molecule has 2 rings (SSSR count). The minimum Gasteiger partial charge on any atom is -0.410 e. The van der Waals surface area contributed by atoms with Crippen molar-refractivity contribution < 1.29 is 14.3 Å². The van der Waals surface area contributed by atoms with Crippen LogP contribution in [0, 0.1) is 12.3 Å². The van der Waals surface area contributed by atoms with Crippen LogP contribution >= 0.6 is 0 Å². The third-order valence-corrected chi connectivity index (χ3v) is 3.83. The molecular weight excluding hydrogens is 328 g/mol. The number of carbonyl (C=O) groups is 2. The van der Waals surface area contributed by atoms with E-state index < -0.39 is 11.5 Å². The number of amides is 2. The largest absolute Gasteiger partial charge is 0.419 e. The first-order valence-corrected chi connectivity index (χ1v) is 8.68. The van der Waals surface area contributed by atoms with Gasteiger partial charge in [-0.05, 0) is 43.7 Å². The highest BCUT2D eigenvalue weighted by atomic mass is 16.6. The van der Waals surface area contributed by atoms with Crippen LogP contribution in [0.15, 0.2) is 48.5 Å². The summed E-state index contributed by atoms with van der Waals surface area (Å²) in [4.78, 5) is 26.2. The van der Waals surface area contributed by atoms with Gasteiger partial charge in [0, 0.05) is 29.4 Å². The van der Waals surface area contributed by atoms with Crippen molar-refractivity contribution in [2.75, 3.05) is 16.8 Å². The Labute approximate surface area is 155 Å². The highest BCUT2D eigenvalue weighted by Gasteiger charge is 2.21. The standard InChI is InChI=1S/C21H26N2O3/c1-6-23(17-11-7-9-15(2)13-17)20(25)26-18-12-8-10-16(14-18)22-19(24)21(3,4)5/h7-14H,6H2,1-5H3,(H,22,24). The molecule has 1 N–H and O–H groups in total. The zero-order chi connectivity index (χ0) is 19.3. The number of nitrogens with zero attached hydrogens (tertiary/aromatic N) is 1. The molecule has 0 saturated carbocycles. The smallest absolute Gasteiger partial charge is 0.410 e. The fourth-order valence-corrected chi connectivity index (χ4v) is 2.32. The fourth-order valence-electron chi connectivity index (χ4n) is 2.32. The third kappa shape index (κ3) is 5.09. The van der Waals surface area contributed by atoms with E-state index in [0.29, 0.717) is 18.0 Å². The quantitative estimate of drug-likeness (QED) is 0.840. The van der Waals surface area contributed by atoms with Gasteiger partial charge in [0.05, 0.1) is 0 Å². The summed E-state index contributed by atoms with van der Waals surface area (Å²) in [6.45, 7) is 9.88. The van der Waals surface area contributed by atoms with E-state index >= 15 is 0 Å². The normalized spacial score (nSPS) is 11.0. The Bertz CT molecular complexity index is 794. The van der Waals surface area contributed by atoms with Crippen LogP contribution in [0.5, 0.6) is 5.75 Å². The molecule has 0 fully saturated rings. The van der Waals surface area contributed by atoms with Crippen LogP contribution in [0.25, 0.3) is 0 Å². The summed E-state index contributed by atoms with van der Waals surface area (Å²) in [5.74, 6) is 0.281. The Hall–Kier alpha value is -2.82. The Morgan fingerprint density at radius 1 is 1.08 bits per heavy atom. The first kappa shape index (κ1) is 19.5. The van der Waals surface area contributed by atoms with Crippen molar-refractivity contribution in [2.45, 2.75) is 34.6 Å². The average molecular weight is 354 g/mol. The molecule has 2 aromatic rings. The number of hydrogen-bond acceptors (Lipinski definition) is 3. The molecule has 0 spiro atoms. The van der Waals surface area contributed by atoms with Gasteiger partial charge in [-0.15, -0.1) is 0 Å². The summed E-state index contributed by atoms with van der Waals surface area (Å²) in [6.07, 6.45) is -0.461. The van der Waals surface area contributed by atoms with Crippen LogP contribution in [0.4, 0.5) is 16.2 Å². The van der Waals surface area contributed by atoms with Crippen LogP contribution in [-0.4, -0.2) is 18.5 Å². The summed E-state index contributed by atoms with van der Waals surface area (Å²) < 4.78 is 5.51. The maximum Gasteiger partial charge on any atom is 0.419 e. The lowest BCUT2D eigenvalue weighted by Gasteiger charge is -2.21. The molecule has 26 heavy (non-hydrogen) atoms. The lowest BCUT2D eigenvalue weighted by molar-refractivity contribution is -0.123. The number of aryl methyl sites for hydroxylation is 1. The Morgan fingerprint density at radius 3 is 2.38 bits per heavy atom. The molecule has 0 radical (unpaired) electrons. The first-order chi connectivity index (χ1) is 12.2. The van der Waals surface area contributed by atoms with Gasteiger partial charge < -0.3 is 10.1 Å². The third-order valence-electron chi connectivity index (χ3n) is 3.83. The molecule has 2 aromatic carbocycles.